The SMILES string of the molecule is COC(OC)(C(Cc1ncc[nH]1)P(O)(O)(O)CC(C#N)N(C(C)C)C(C)C)C(c1ccccc1)(c1ccccc1)c1ccccc1. The van der Waals surface area contributed by atoms with E-state index >= 15 is 0 Å². The predicted octanol–water partition coefficient (Wildman–Crippen LogP) is 5.63. The van der Waals surface area contributed by atoms with E-state index in [4.69, 9.17) is 9.47 Å². The monoisotopic (exact) mass is 646 g/mol. The molecule has 246 valence electrons. The van der Waals surface area contributed by atoms with Crippen LogP contribution >= 0.6 is 7.28 Å². The van der Waals surface area contributed by atoms with Crippen LogP contribution in [0.5, 0.6) is 0 Å². The van der Waals surface area contributed by atoms with Gasteiger partial charge in [0.05, 0.1) is 0 Å². The van der Waals surface area contributed by atoms with Crippen molar-refractivity contribution in [2.75, 3.05) is 20.4 Å². The average Bonchev–Trinajstić information content (AvgIpc) is 3.57. The molecule has 10 heteroatoms. The Morgan fingerprint density at radius 3 is 1.57 bits per heavy atom. The van der Waals surface area contributed by atoms with E-state index in [0.717, 1.165) is 16.7 Å². The molecule has 4 aromatic rings. The quantitative estimate of drug-likeness (QED) is 0.0742. The number of benzene rings is 3. The molecule has 1 aromatic heterocycles. The molecule has 0 spiro atoms. The van der Waals surface area contributed by atoms with E-state index in [1.807, 2.05) is 124 Å². The van der Waals surface area contributed by atoms with Gasteiger partial charge >= 0.3 is 273 Å². The van der Waals surface area contributed by atoms with E-state index in [1.165, 1.54) is 14.2 Å². The van der Waals surface area contributed by atoms with Crippen molar-refractivity contribution in [2.45, 2.75) is 69.1 Å². The number of rotatable bonds is 15. The van der Waals surface area contributed by atoms with Crippen LogP contribution in [0, 0.1) is 11.3 Å². The fourth-order valence-corrected chi connectivity index (χ4v) is 10.2. The maximum absolute atomic E-state index is 12.6. The number of hydrogen-bond donors (Lipinski definition) is 4. The summed E-state index contributed by atoms with van der Waals surface area (Å²) in [7, 11) is -3.11. The van der Waals surface area contributed by atoms with Crippen molar-refractivity contribution >= 4 is 7.28 Å². The number of nitrogens with one attached hydrogen (secondary N) is 1. The van der Waals surface area contributed by atoms with Gasteiger partial charge in [-0.25, -0.2) is 0 Å². The summed E-state index contributed by atoms with van der Waals surface area (Å²) >= 11 is 0. The number of H-pyrrole nitrogens is 1. The molecule has 4 rings (SSSR count). The van der Waals surface area contributed by atoms with E-state index < -0.39 is 36.3 Å². The molecule has 0 bridgehead atoms. The molecule has 4 N–H and O–H groups in total. The number of nitriles is 1. The van der Waals surface area contributed by atoms with Crippen molar-refractivity contribution in [1.29, 1.82) is 5.26 Å². The number of aromatic nitrogens is 2. The molecule has 3 aromatic carbocycles. The maximum atomic E-state index is 12.6. The van der Waals surface area contributed by atoms with Gasteiger partial charge in [0.2, 0.25) is 0 Å². The van der Waals surface area contributed by atoms with Crippen molar-refractivity contribution in [1.82, 2.24) is 14.9 Å². The number of aromatic amines is 1. The third kappa shape index (κ3) is 6.53. The average molecular weight is 647 g/mol. The van der Waals surface area contributed by atoms with Crippen LogP contribution in [0.2, 0.25) is 0 Å². The molecule has 46 heavy (non-hydrogen) atoms. The van der Waals surface area contributed by atoms with Crippen molar-refractivity contribution in [3.05, 3.63) is 126 Å². The van der Waals surface area contributed by atoms with Gasteiger partial charge < -0.3 is 0 Å². The molecular weight excluding hydrogens is 599 g/mol. The van der Waals surface area contributed by atoms with Crippen molar-refractivity contribution in [3.63, 3.8) is 0 Å². The number of ether oxygens (including phenoxy) is 2. The van der Waals surface area contributed by atoms with E-state index in [-0.39, 0.29) is 18.5 Å². The van der Waals surface area contributed by atoms with Gasteiger partial charge in [0, 0.05) is 0 Å². The Hall–Kier alpha value is -3.45. The second-order valence-electron chi connectivity index (χ2n) is 12.4. The molecule has 0 radical (unpaired) electrons. The van der Waals surface area contributed by atoms with E-state index in [1.54, 1.807) is 12.4 Å². The molecule has 0 aliphatic rings. The number of nitrogens with zero attached hydrogens (tertiary/aromatic N) is 3. The molecule has 2 atom stereocenters. The van der Waals surface area contributed by atoms with Crippen LogP contribution in [-0.2, 0) is 21.3 Å². The number of imidazole rings is 1. The summed E-state index contributed by atoms with van der Waals surface area (Å²) in [5.41, 5.74) is -0.731. The Morgan fingerprint density at radius 2 is 1.24 bits per heavy atom. The van der Waals surface area contributed by atoms with Gasteiger partial charge in [0.25, 0.3) is 0 Å². The first-order valence-electron chi connectivity index (χ1n) is 15.5. The number of hydrogen-bond acceptors (Lipinski definition) is 8. The van der Waals surface area contributed by atoms with Crippen LogP contribution in [0.3, 0.4) is 0 Å². The van der Waals surface area contributed by atoms with E-state index in [2.05, 4.69) is 16.0 Å². The second-order valence-corrected chi connectivity index (χ2v) is 15.8. The van der Waals surface area contributed by atoms with Crippen LogP contribution in [0.15, 0.2) is 103 Å². The van der Waals surface area contributed by atoms with Gasteiger partial charge in [0.15, 0.2) is 0 Å². The molecule has 0 aliphatic heterocycles. The molecule has 0 aliphatic carbocycles. The normalized spacial score (nSPS) is 15.0. The predicted molar refractivity (Wildman–Crippen MR) is 182 cm³/mol. The van der Waals surface area contributed by atoms with Gasteiger partial charge in [-0.15, -0.1) is 0 Å². The summed E-state index contributed by atoms with van der Waals surface area (Å²) in [5, 5.41) is 10.4. The summed E-state index contributed by atoms with van der Waals surface area (Å²) in [6, 6.07) is 29.7. The van der Waals surface area contributed by atoms with Gasteiger partial charge in [-0.05, 0) is 0 Å². The zero-order chi connectivity index (χ0) is 33.6. The zero-order valence-corrected chi connectivity index (χ0v) is 28.4. The molecule has 1 heterocycles. The first-order valence-corrected chi connectivity index (χ1v) is 17.9. The van der Waals surface area contributed by atoms with E-state index in [0.29, 0.717) is 5.82 Å². The van der Waals surface area contributed by atoms with Gasteiger partial charge in [-0.3, -0.25) is 0 Å². The molecular formula is C36H47N4O5P. The van der Waals surface area contributed by atoms with Crippen LogP contribution in [0.1, 0.15) is 50.2 Å². The molecule has 0 amide bonds. The third-order valence-corrected chi connectivity index (χ3v) is 11.8. The van der Waals surface area contributed by atoms with Crippen molar-refractivity contribution in [2.24, 2.45) is 0 Å². The molecule has 0 saturated carbocycles. The zero-order valence-electron chi connectivity index (χ0n) is 27.5. The van der Waals surface area contributed by atoms with Gasteiger partial charge in [-0.2, -0.15) is 0 Å². The Labute approximate surface area is 272 Å². The summed E-state index contributed by atoms with van der Waals surface area (Å²) in [5.74, 6) is -1.60. The Bertz CT molecular complexity index is 1440. The minimum atomic E-state index is -6.01. The van der Waals surface area contributed by atoms with Crippen LogP contribution in [-0.4, -0.2) is 79.5 Å². The van der Waals surface area contributed by atoms with Crippen LogP contribution in [0.25, 0.3) is 0 Å². The Morgan fingerprint density at radius 1 is 0.804 bits per heavy atom. The summed E-state index contributed by atoms with van der Waals surface area (Å²) in [4.78, 5) is 47.2. The second kappa shape index (κ2) is 14.1. The summed E-state index contributed by atoms with van der Waals surface area (Å²) < 4.78 is 13.1. The fraction of sp³-hybridized carbons (Fsp3) is 0.389. The molecule has 0 saturated heterocycles. The van der Waals surface area contributed by atoms with Crippen LogP contribution < -0.4 is 0 Å². The van der Waals surface area contributed by atoms with Crippen molar-refractivity contribution in [3.8, 4) is 6.07 Å². The number of methoxy groups -OCH3 is 2. The minimum absolute atomic E-state index is 0.119. The van der Waals surface area contributed by atoms with Crippen molar-refractivity contribution < 1.29 is 24.2 Å². The fourth-order valence-electron chi connectivity index (χ4n) is 7.32. The van der Waals surface area contributed by atoms with Gasteiger partial charge in [0.1, 0.15) is 0 Å². The standard InChI is InChI=1S/C36H47N4O5P/c1-27(2)40(28(3)4)32(25-37)26-46(41,42,43)33(24-34-38-22-23-39-34)36(44-5,45-6)35(29-16-10-7-11-17-29,30-18-12-8-13-19-30)31-20-14-9-15-21-31/h7-23,27-28,32-33,41-43H,24,26H2,1-6H3,(H,38,39). The van der Waals surface area contributed by atoms with E-state index in [9.17, 15) is 19.9 Å². The molecule has 9 nitrogen and oxygen atoms in total. The summed E-state index contributed by atoms with van der Waals surface area (Å²) in [6.45, 7) is 7.74. The first kappa shape index (κ1) is 35.4. The summed E-state index contributed by atoms with van der Waals surface area (Å²) in [6.07, 6.45) is 2.38. The molecule has 0 fully saturated rings. The third-order valence-electron chi connectivity index (χ3n) is 8.99. The molecule has 2 unspecified atom stereocenters. The first-order chi connectivity index (χ1) is 21.9. The van der Waals surface area contributed by atoms with Gasteiger partial charge in [-0.1, -0.05) is 0 Å². The Balaban J connectivity index is 2.15. The topological polar surface area (TPSA) is 135 Å². The Kier molecular flexibility index (Phi) is 10.9. The van der Waals surface area contributed by atoms with Crippen LogP contribution in [0.4, 0.5) is 0 Å².